The van der Waals surface area contributed by atoms with Crippen molar-refractivity contribution in [1.82, 2.24) is 25.3 Å². The Kier molecular flexibility index (Phi) is 7.70. The van der Waals surface area contributed by atoms with Gasteiger partial charge in [-0.25, -0.2) is 15.0 Å². The van der Waals surface area contributed by atoms with Crippen LogP contribution in [0.25, 0.3) is 11.5 Å². The van der Waals surface area contributed by atoms with Gasteiger partial charge >= 0.3 is 0 Å². The van der Waals surface area contributed by atoms with Gasteiger partial charge < -0.3 is 30.6 Å². The zero-order chi connectivity index (χ0) is 24.6. The van der Waals surface area contributed by atoms with Crippen molar-refractivity contribution in [3.63, 3.8) is 0 Å². The number of anilines is 3. The number of rotatable bonds is 10. The Bertz CT molecular complexity index is 1300. The van der Waals surface area contributed by atoms with Gasteiger partial charge in [-0.1, -0.05) is 17.7 Å². The van der Waals surface area contributed by atoms with Crippen molar-refractivity contribution in [1.29, 1.82) is 0 Å². The fourth-order valence-electron chi connectivity index (χ4n) is 3.05. The summed E-state index contributed by atoms with van der Waals surface area (Å²) in [7, 11) is 0. The first-order chi connectivity index (χ1) is 17.0. The SMILES string of the molecule is Nc1ncnc(Nc2ccc(OCc3ccccn3)c(Cl)c2)c1-c1nc(CNC(=O)CCO)co1. The monoisotopic (exact) mass is 495 g/mol. The van der Waals surface area contributed by atoms with Gasteiger partial charge in [0, 0.05) is 18.3 Å². The topological polar surface area (TPSA) is 161 Å². The van der Waals surface area contributed by atoms with Crippen molar-refractivity contribution >= 4 is 34.8 Å². The van der Waals surface area contributed by atoms with Gasteiger partial charge in [0.15, 0.2) is 0 Å². The molecule has 0 aliphatic heterocycles. The smallest absolute Gasteiger partial charge is 0.233 e. The molecule has 0 radical (unpaired) electrons. The summed E-state index contributed by atoms with van der Waals surface area (Å²) in [5.74, 6) is 0.894. The second kappa shape index (κ2) is 11.3. The van der Waals surface area contributed by atoms with Crippen LogP contribution in [-0.4, -0.2) is 37.6 Å². The number of carbonyl (C=O) groups is 1. The molecule has 0 bridgehead atoms. The molecule has 0 saturated heterocycles. The maximum absolute atomic E-state index is 11.6. The number of hydrogen-bond donors (Lipinski definition) is 4. The van der Waals surface area contributed by atoms with Gasteiger partial charge in [0.2, 0.25) is 11.8 Å². The number of carbonyl (C=O) groups excluding carboxylic acids is 1. The van der Waals surface area contributed by atoms with E-state index in [4.69, 9.17) is 31.6 Å². The number of ether oxygens (including phenoxy) is 1. The lowest BCUT2D eigenvalue weighted by molar-refractivity contribution is -0.121. The van der Waals surface area contributed by atoms with E-state index in [0.29, 0.717) is 33.5 Å². The van der Waals surface area contributed by atoms with E-state index in [9.17, 15) is 4.79 Å². The number of aliphatic hydroxyl groups excluding tert-OH is 1. The molecule has 4 rings (SSSR count). The summed E-state index contributed by atoms with van der Waals surface area (Å²) in [6.07, 6.45) is 4.41. The summed E-state index contributed by atoms with van der Waals surface area (Å²) in [5, 5.41) is 15.0. The number of nitrogens with two attached hydrogens (primary N) is 1. The average molecular weight is 496 g/mol. The predicted octanol–water partition coefficient (Wildman–Crippen LogP) is 3.08. The molecule has 4 aromatic rings. The second-order valence-corrected chi connectivity index (χ2v) is 7.66. The number of hydrogen-bond acceptors (Lipinski definition) is 10. The Labute approximate surface area is 205 Å². The lowest BCUT2D eigenvalue weighted by atomic mass is 10.2. The molecule has 180 valence electrons. The summed E-state index contributed by atoms with van der Waals surface area (Å²) >= 11 is 6.41. The highest BCUT2D eigenvalue weighted by atomic mass is 35.5. The third-order valence-electron chi connectivity index (χ3n) is 4.74. The number of nitrogens with one attached hydrogen (secondary N) is 2. The Balaban J connectivity index is 1.48. The van der Waals surface area contributed by atoms with E-state index in [2.05, 4.69) is 30.6 Å². The summed E-state index contributed by atoms with van der Waals surface area (Å²) < 4.78 is 11.3. The normalized spacial score (nSPS) is 10.7. The number of amides is 1. The molecule has 0 atom stereocenters. The van der Waals surface area contributed by atoms with Crippen LogP contribution in [0.4, 0.5) is 17.3 Å². The van der Waals surface area contributed by atoms with Crippen LogP contribution in [0.5, 0.6) is 5.75 Å². The minimum atomic E-state index is -0.300. The van der Waals surface area contributed by atoms with Gasteiger partial charge in [-0.15, -0.1) is 0 Å². The molecule has 3 aromatic heterocycles. The van der Waals surface area contributed by atoms with Crippen molar-refractivity contribution in [2.75, 3.05) is 17.7 Å². The maximum Gasteiger partial charge on any atom is 0.233 e. The zero-order valence-electron chi connectivity index (χ0n) is 18.4. The highest BCUT2D eigenvalue weighted by Gasteiger charge is 2.18. The molecule has 0 spiro atoms. The molecule has 3 heterocycles. The van der Waals surface area contributed by atoms with Gasteiger partial charge in [-0.05, 0) is 30.3 Å². The number of oxazole rings is 1. The minimum absolute atomic E-state index is 0.00772. The zero-order valence-corrected chi connectivity index (χ0v) is 19.2. The summed E-state index contributed by atoms with van der Waals surface area (Å²) in [4.78, 5) is 28.4. The molecular formula is C23H22ClN7O4. The van der Waals surface area contributed by atoms with Crippen molar-refractivity contribution in [2.45, 2.75) is 19.6 Å². The van der Waals surface area contributed by atoms with Crippen molar-refractivity contribution in [3.8, 4) is 17.2 Å². The second-order valence-electron chi connectivity index (χ2n) is 7.26. The van der Waals surface area contributed by atoms with Crippen molar-refractivity contribution < 1.29 is 19.1 Å². The third kappa shape index (κ3) is 6.22. The van der Waals surface area contributed by atoms with Gasteiger partial charge in [-0.2, -0.15) is 0 Å². The molecule has 12 heteroatoms. The summed E-state index contributed by atoms with van der Waals surface area (Å²) in [6.45, 7) is 0.186. The van der Waals surface area contributed by atoms with Crippen LogP contribution in [0, 0.1) is 0 Å². The molecular weight excluding hydrogens is 474 g/mol. The van der Waals surface area contributed by atoms with E-state index in [-0.39, 0.29) is 43.8 Å². The van der Waals surface area contributed by atoms with E-state index in [1.807, 2.05) is 18.2 Å². The molecule has 35 heavy (non-hydrogen) atoms. The molecule has 1 aromatic carbocycles. The van der Waals surface area contributed by atoms with E-state index in [0.717, 1.165) is 5.69 Å². The van der Waals surface area contributed by atoms with E-state index >= 15 is 0 Å². The first-order valence-electron chi connectivity index (χ1n) is 10.6. The van der Waals surface area contributed by atoms with Crippen LogP contribution in [0.3, 0.4) is 0 Å². The Morgan fingerprint density at radius 3 is 2.83 bits per heavy atom. The maximum atomic E-state index is 11.6. The quantitative estimate of drug-likeness (QED) is 0.257. The number of halogens is 1. The first kappa shape index (κ1) is 23.9. The number of aromatic nitrogens is 4. The lowest BCUT2D eigenvalue weighted by Crippen LogP contribution is -2.23. The first-order valence-corrected chi connectivity index (χ1v) is 10.9. The number of benzene rings is 1. The van der Waals surface area contributed by atoms with Crippen molar-refractivity contribution in [3.05, 3.63) is 71.6 Å². The van der Waals surface area contributed by atoms with Gasteiger partial charge in [-0.3, -0.25) is 9.78 Å². The fraction of sp³-hybridized carbons (Fsp3) is 0.174. The molecule has 11 nitrogen and oxygen atoms in total. The van der Waals surface area contributed by atoms with Crippen LogP contribution in [0.2, 0.25) is 5.02 Å². The van der Waals surface area contributed by atoms with Gasteiger partial charge in [0.05, 0.1) is 29.6 Å². The largest absolute Gasteiger partial charge is 0.486 e. The predicted molar refractivity (Wildman–Crippen MR) is 129 cm³/mol. The third-order valence-corrected chi connectivity index (χ3v) is 5.04. The lowest BCUT2D eigenvalue weighted by Gasteiger charge is -2.12. The van der Waals surface area contributed by atoms with Crippen LogP contribution >= 0.6 is 11.6 Å². The highest BCUT2D eigenvalue weighted by molar-refractivity contribution is 6.32. The van der Waals surface area contributed by atoms with Crippen LogP contribution in [0.15, 0.2) is 59.6 Å². The molecule has 5 N–H and O–H groups in total. The highest BCUT2D eigenvalue weighted by Crippen LogP contribution is 2.34. The number of nitrogens with zero attached hydrogens (tertiary/aromatic N) is 4. The summed E-state index contributed by atoms with van der Waals surface area (Å²) in [5.41, 5.74) is 8.32. The number of pyridine rings is 1. The Morgan fingerprint density at radius 1 is 1.17 bits per heavy atom. The van der Waals surface area contributed by atoms with E-state index in [1.165, 1.54) is 12.6 Å². The molecule has 0 fully saturated rings. The number of aliphatic hydroxyl groups is 1. The minimum Gasteiger partial charge on any atom is -0.486 e. The Hall–Kier alpha value is -4.22. The van der Waals surface area contributed by atoms with Gasteiger partial charge in [0.1, 0.15) is 42.1 Å². The summed E-state index contributed by atoms with van der Waals surface area (Å²) in [6, 6.07) is 10.8. The van der Waals surface area contributed by atoms with E-state index in [1.54, 1.807) is 24.4 Å². The average Bonchev–Trinajstić information content (AvgIpc) is 3.32. The Morgan fingerprint density at radius 2 is 2.06 bits per heavy atom. The van der Waals surface area contributed by atoms with E-state index < -0.39 is 0 Å². The molecule has 0 aliphatic carbocycles. The molecule has 0 saturated carbocycles. The standard InChI is InChI=1S/C23H22ClN7O4/c24-17-9-14(4-5-18(17)34-11-15-3-1-2-7-26-15)30-22-20(21(25)28-13-29-22)23-31-16(12-35-23)10-27-19(33)6-8-32/h1-5,7,9,12-13,32H,6,8,10-11H2,(H,27,33)(H3,25,28,29,30). The number of nitrogen functional groups attached to an aromatic ring is 1. The van der Waals surface area contributed by atoms with Crippen molar-refractivity contribution in [2.24, 2.45) is 0 Å². The molecule has 0 aliphatic rings. The van der Waals surface area contributed by atoms with Crippen LogP contribution in [0.1, 0.15) is 17.8 Å². The van der Waals surface area contributed by atoms with Crippen LogP contribution in [-0.2, 0) is 17.9 Å². The van der Waals surface area contributed by atoms with Gasteiger partial charge in [0.25, 0.3) is 0 Å². The molecule has 0 unspecified atom stereocenters. The fourth-order valence-corrected chi connectivity index (χ4v) is 3.29. The van der Waals surface area contributed by atoms with Crippen LogP contribution < -0.4 is 21.1 Å². The molecule has 1 amide bonds.